The van der Waals surface area contributed by atoms with Crippen molar-refractivity contribution in [3.05, 3.63) is 23.8 Å². The molecular formula is C12H17NO5S. The van der Waals surface area contributed by atoms with E-state index in [1.807, 2.05) is 0 Å². The van der Waals surface area contributed by atoms with Crippen LogP contribution in [0.15, 0.2) is 23.1 Å². The van der Waals surface area contributed by atoms with Crippen LogP contribution in [-0.4, -0.2) is 33.1 Å². The summed E-state index contributed by atoms with van der Waals surface area (Å²) < 4.78 is 31.4. The maximum Gasteiger partial charge on any atom is 0.303 e. The number of sulfonamides is 1. The van der Waals surface area contributed by atoms with Crippen LogP contribution < -0.4 is 9.46 Å². The predicted molar refractivity (Wildman–Crippen MR) is 69.8 cm³/mol. The minimum atomic E-state index is -3.61. The Balaban J connectivity index is 2.74. The van der Waals surface area contributed by atoms with Gasteiger partial charge < -0.3 is 9.84 Å². The van der Waals surface area contributed by atoms with Gasteiger partial charge in [-0.3, -0.25) is 4.79 Å². The number of hydrogen-bond donors (Lipinski definition) is 2. The van der Waals surface area contributed by atoms with E-state index < -0.39 is 16.0 Å². The molecule has 6 nitrogen and oxygen atoms in total. The largest absolute Gasteiger partial charge is 0.497 e. The fraction of sp³-hybridized carbons (Fsp3) is 0.417. The summed E-state index contributed by atoms with van der Waals surface area (Å²) in [7, 11) is -2.11. The third-order valence-electron chi connectivity index (χ3n) is 2.53. The van der Waals surface area contributed by atoms with E-state index in [1.54, 1.807) is 19.1 Å². The molecule has 0 saturated carbocycles. The molecule has 0 saturated heterocycles. The Labute approximate surface area is 112 Å². The third kappa shape index (κ3) is 4.53. The van der Waals surface area contributed by atoms with Gasteiger partial charge in [-0.05, 0) is 37.1 Å². The van der Waals surface area contributed by atoms with Crippen LogP contribution in [0.4, 0.5) is 0 Å². The summed E-state index contributed by atoms with van der Waals surface area (Å²) >= 11 is 0. The number of aryl methyl sites for hydroxylation is 1. The highest BCUT2D eigenvalue weighted by molar-refractivity contribution is 7.89. The Morgan fingerprint density at radius 3 is 2.63 bits per heavy atom. The second-order valence-electron chi connectivity index (χ2n) is 4.03. The molecule has 19 heavy (non-hydrogen) atoms. The number of hydrogen-bond acceptors (Lipinski definition) is 4. The van der Waals surface area contributed by atoms with Crippen molar-refractivity contribution in [2.24, 2.45) is 0 Å². The second kappa shape index (κ2) is 6.53. The van der Waals surface area contributed by atoms with Crippen LogP contribution in [0.2, 0.25) is 0 Å². The molecule has 106 valence electrons. The number of benzene rings is 1. The summed E-state index contributed by atoms with van der Waals surface area (Å²) in [5.74, 6) is -0.359. The fourth-order valence-electron chi connectivity index (χ4n) is 1.57. The van der Waals surface area contributed by atoms with Crippen LogP contribution in [0.25, 0.3) is 0 Å². The molecule has 0 fully saturated rings. The number of rotatable bonds is 7. The van der Waals surface area contributed by atoms with Gasteiger partial charge in [-0.25, -0.2) is 13.1 Å². The van der Waals surface area contributed by atoms with Crippen LogP contribution in [0, 0.1) is 6.92 Å². The molecule has 0 atom stereocenters. The molecule has 0 spiro atoms. The van der Waals surface area contributed by atoms with E-state index in [0.29, 0.717) is 11.3 Å². The average molecular weight is 287 g/mol. The lowest BCUT2D eigenvalue weighted by molar-refractivity contribution is -0.137. The topological polar surface area (TPSA) is 92.7 Å². The monoisotopic (exact) mass is 287 g/mol. The van der Waals surface area contributed by atoms with Crippen molar-refractivity contribution in [3.63, 3.8) is 0 Å². The molecule has 1 aromatic carbocycles. The highest BCUT2D eigenvalue weighted by Gasteiger charge is 2.16. The van der Waals surface area contributed by atoms with Crippen LogP contribution in [0.5, 0.6) is 5.75 Å². The minimum Gasteiger partial charge on any atom is -0.497 e. The third-order valence-corrected chi connectivity index (χ3v) is 4.15. The fourth-order valence-corrected chi connectivity index (χ4v) is 2.87. The van der Waals surface area contributed by atoms with E-state index in [2.05, 4.69) is 4.72 Å². The lowest BCUT2D eigenvalue weighted by atomic mass is 10.2. The zero-order chi connectivity index (χ0) is 14.5. The van der Waals surface area contributed by atoms with Gasteiger partial charge in [0.1, 0.15) is 5.75 Å². The first kappa shape index (κ1) is 15.5. The molecule has 7 heteroatoms. The van der Waals surface area contributed by atoms with Crippen molar-refractivity contribution >= 4 is 16.0 Å². The van der Waals surface area contributed by atoms with Crippen molar-refractivity contribution in [1.29, 1.82) is 0 Å². The van der Waals surface area contributed by atoms with Gasteiger partial charge in [0.25, 0.3) is 0 Å². The van der Waals surface area contributed by atoms with Gasteiger partial charge in [0.2, 0.25) is 10.0 Å². The highest BCUT2D eigenvalue weighted by Crippen LogP contribution is 2.20. The van der Waals surface area contributed by atoms with E-state index in [4.69, 9.17) is 9.84 Å². The summed E-state index contributed by atoms with van der Waals surface area (Å²) in [5.41, 5.74) is 0.574. The van der Waals surface area contributed by atoms with Gasteiger partial charge in [-0.1, -0.05) is 0 Å². The number of aliphatic carboxylic acids is 1. The quantitative estimate of drug-likeness (QED) is 0.734. The van der Waals surface area contributed by atoms with Gasteiger partial charge in [0.15, 0.2) is 0 Å². The van der Waals surface area contributed by atoms with E-state index in [9.17, 15) is 13.2 Å². The molecule has 0 radical (unpaired) electrons. The number of carboxylic acids is 1. The summed E-state index contributed by atoms with van der Waals surface area (Å²) in [6, 6.07) is 4.67. The first-order valence-electron chi connectivity index (χ1n) is 5.73. The number of methoxy groups -OCH3 is 1. The molecule has 0 bridgehead atoms. The van der Waals surface area contributed by atoms with Crippen LogP contribution in [0.3, 0.4) is 0 Å². The summed E-state index contributed by atoms with van der Waals surface area (Å²) in [6.45, 7) is 1.77. The predicted octanol–water partition coefficient (Wildman–Crippen LogP) is 1.15. The van der Waals surface area contributed by atoms with Gasteiger partial charge in [-0.15, -0.1) is 0 Å². The summed E-state index contributed by atoms with van der Waals surface area (Å²) in [4.78, 5) is 10.5. The minimum absolute atomic E-state index is 0.0654. The SMILES string of the molecule is COc1ccc(S(=O)(=O)NCCCC(=O)O)c(C)c1. The van der Waals surface area contributed by atoms with Crippen LogP contribution in [0.1, 0.15) is 18.4 Å². The lowest BCUT2D eigenvalue weighted by Crippen LogP contribution is -2.25. The zero-order valence-corrected chi connectivity index (χ0v) is 11.7. The maximum absolute atomic E-state index is 12.0. The molecule has 2 N–H and O–H groups in total. The first-order valence-corrected chi connectivity index (χ1v) is 7.21. The summed E-state index contributed by atoms with van der Waals surface area (Å²) in [6.07, 6.45) is 0.188. The van der Waals surface area contributed by atoms with Crippen molar-refractivity contribution in [3.8, 4) is 5.75 Å². The second-order valence-corrected chi connectivity index (χ2v) is 5.76. The molecule has 1 aromatic rings. The Morgan fingerprint density at radius 2 is 2.11 bits per heavy atom. The van der Waals surface area contributed by atoms with Crippen molar-refractivity contribution in [2.75, 3.05) is 13.7 Å². The van der Waals surface area contributed by atoms with Gasteiger partial charge in [0, 0.05) is 13.0 Å². The number of carbonyl (C=O) groups is 1. The Bertz CT molecular complexity index is 553. The molecule has 0 heterocycles. The number of nitrogens with one attached hydrogen (secondary N) is 1. The Morgan fingerprint density at radius 1 is 1.42 bits per heavy atom. The van der Waals surface area contributed by atoms with Gasteiger partial charge >= 0.3 is 5.97 Å². The van der Waals surface area contributed by atoms with Crippen molar-refractivity contribution < 1.29 is 23.1 Å². The molecule has 0 unspecified atom stereocenters. The standard InChI is InChI=1S/C12H17NO5S/c1-9-8-10(18-2)5-6-11(9)19(16,17)13-7-3-4-12(14)15/h5-6,8,13H,3-4,7H2,1-2H3,(H,14,15). The zero-order valence-electron chi connectivity index (χ0n) is 10.8. The van der Waals surface area contributed by atoms with E-state index in [-0.39, 0.29) is 24.3 Å². The Hall–Kier alpha value is -1.60. The summed E-state index contributed by atoms with van der Waals surface area (Å²) in [5, 5.41) is 8.47. The highest BCUT2D eigenvalue weighted by atomic mass is 32.2. The first-order chi connectivity index (χ1) is 8.86. The molecule has 0 aliphatic carbocycles. The lowest BCUT2D eigenvalue weighted by Gasteiger charge is -2.10. The van der Waals surface area contributed by atoms with E-state index in [0.717, 1.165) is 0 Å². The molecule has 1 rings (SSSR count). The molecule has 0 aliphatic rings. The van der Waals surface area contributed by atoms with Crippen molar-refractivity contribution in [2.45, 2.75) is 24.7 Å². The molecular weight excluding hydrogens is 270 g/mol. The maximum atomic E-state index is 12.0. The molecule has 0 aliphatic heterocycles. The van der Waals surface area contributed by atoms with E-state index in [1.165, 1.54) is 13.2 Å². The van der Waals surface area contributed by atoms with Gasteiger partial charge in [-0.2, -0.15) is 0 Å². The molecule has 0 amide bonds. The normalized spacial score (nSPS) is 11.3. The van der Waals surface area contributed by atoms with Crippen LogP contribution >= 0.6 is 0 Å². The van der Waals surface area contributed by atoms with Crippen LogP contribution in [-0.2, 0) is 14.8 Å². The Kier molecular flexibility index (Phi) is 5.31. The molecule has 0 aromatic heterocycles. The number of ether oxygens (including phenoxy) is 1. The average Bonchev–Trinajstić information content (AvgIpc) is 2.34. The number of carboxylic acid groups (broad SMARTS) is 1. The van der Waals surface area contributed by atoms with Crippen molar-refractivity contribution in [1.82, 2.24) is 4.72 Å². The smallest absolute Gasteiger partial charge is 0.303 e. The van der Waals surface area contributed by atoms with Gasteiger partial charge in [0.05, 0.1) is 12.0 Å². The van der Waals surface area contributed by atoms with E-state index >= 15 is 0 Å².